The van der Waals surface area contributed by atoms with Crippen molar-refractivity contribution in [1.82, 2.24) is 0 Å². The van der Waals surface area contributed by atoms with Crippen LogP contribution in [-0.2, 0) is 4.74 Å². The second kappa shape index (κ2) is 12.9. The molecular formula is C36H30O16. The number of carbonyl (C=O) groups is 1. The molecule has 0 bridgehead atoms. The number of phenols is 6. The van der Waals surface area contributed by atoms with E-state index in [4.69, 9.17) is 18.6 Å². The fourth-order valence-electron chi connectivity index (χ4n) is 6.44. The lowest BCUT2D eigenvalue weighted by atomic mass is 9.79. The van der Waals surface area contributed by atoms with E-state index in [9.17, 15) is 60.7 Å². The number of fused-ring (bicyclic) bond motifs is 2. The van der Waals surface area contributed by atoms with Gasteiger partial charge in [0.2, 0.25) is 6.29 Å². The SMILES string of the molecule is O=C1c2c(O)cc(O)cc2O[C@@H](c2ccc(O)cc2)[C@@H]1c1c(O[C@@H]2O[C@H](CO)[C@@H](O)[C@H](O)[C@H]2O)cc(O)c2c(=O)cc(-c3ccc(O)c(O)c3)oc12. The van der Waals surface area contributed by atoms with Crippen LogP contribution in [0, 0.1) is 0 Å². The molecule has 1 aromatic heterocycles. The molecule has 0 radical (unpaired) electrons. The van der Waals surface area contributed by atoms with E-state index >= 15 is 0 Å². The van der Waals surface area contributed by atoms with Gasteiger partial charge in [0.15, 0.2) is 22.7 Å². The molecule has 52 heavy (non-hydrogen) atoms. The standard InChI is InChI=1S/C36H30O16/c37-12-25-30(45)32(47)33(48)36(52-25)51-24-11-21(44)26-20(43)10-22(14-3-6-17(40)18(41)7-14)49-35(26)28(24)29-31(46)27-19(42)8-16(39)9-23(27)50-34(29)13-1-4-15(38)5-2-13/h1-11,25,29-30,32-34,36-42,44-45,47-48H,12H2/t25-,29-,30-,32+,33-,34+,36-/m1/s1. The first-order valence-corrected chi connectivity index (χ1v) is 15.7. The number of aliphatic hydroxyl groups excluding tert-OH is 4. The molecule has 16 heteroatoms. The van der Waals surface area contributed by atoms with Gasteiger partial charge in [-0.15, -0.1) is 0 Å². The van der Waals surface area contributed by atoms with Crippen molar-refractivity contribution in [2.75, 3.05) is 6.61 Å². The number of benzene rings is 4. The first kappa shape index (κ1) is 34.4. The lowest BCUT2D eigenvalue weighted by Gasteiger charge is -2.40. The van der Waals surface area contributed by atoms with Crippen molar-refractivity contribution in [1.29, 1.82) is 0 Å². The molecule has 7 atom stereocenters. The van der Waals surface area contributed by atoms with Crippen LogP contribution in [0.3, 0.4) is 0 Å². The molecule has 2 aliphatic heterocycles. The van der Waals surface area contributed by atoms with Gasteiger partial charge >= 0.3 is 0 Å². The topological polar surface area (TPSA) is 277 Å². The number of hydrogen-bond acceptors (Lipinski definition) is 16. The predicted molar refractivity (Wildman–Crippen MR) is 176 cm³/mol. The van der Waals surface area contributed by atoms with Crippen molar-refractivity contribution in [2.24, 2.45) is 0 Å². The van der Waals surface area contributed by atoms with Gasteiger partial charge in [-0.1, -0.05) is 12.1 Å². The summed E-state index contributed by atoms with van der Waals surface area (Å²) in [6.45, 7) is -0.820. The molecule has 0 unspecified atom stereocenters. The molecule has 4 aromatic carbocycles. The quantitative estimate of drug-likeness (QED) is 0.112. The van der Waals surface area contributed by atoms with E-state index in [0.29, 0.717) is 0 Å². The maximum absolute atomic E-state index is 14.7. The number of ketones is 1. The molecule has 3 heterocycles. The van der Waals surface area contributed by atoms with E-state index in [1.807, 2.05) is 0 Å². The Kier molecular flexibility index (Phi) is 8.56. The van der Waals surface area contributed by atoms with E-state index < -0.39 is 112 Å². The van der Waals surface area contributed by atoms with Crippen LogP contribution in [0.5, 0.6) is 46.0 Å². The molecule has 5 aromatic rings. The van der Waals surface area contributed by atoms with Gasteiger partial charge in [-0.25, -0.2) is 0 Å². The van der Waals surface area contributed by atoms with Crippen LogP contribution in [0.2, 0.25) is 0 Å². The van der Waals surface area contributed by atoms with Crippen LogP contribution in [0.25, 0.3) is 22.3 Å². The predicted octanol–water partition coefficient (Wildman–Crippen LogP) is 1.97. The Morgan fingerprint density at radius 2 is 1.44 bits per heavy atom. The molecule has 270 valence electrons. The summed E-state index contributed by atoms with van der Waals surface area (Å²) in [4.78, 5) is 28.4. The zero-order valence-corrected chi connectivity index (χ0v) is 26.5. The van der Waals surface area contributed by atoms with E-state index in [1.165, 1.54) is 30.3 Å². The lowest BCUT2D eigenvalue weighted by Crippen LogP contribution is -2.60. The average molecular weight is 719 g/mol. The number of Topliss-reactive ketones (excluding diaryl/α,β-unsaturated/α-hetero) is 1. The van der Waals surface area contributed by atoms with Gasteiger partial charge < -0.3 is 69.7 Å². The minimum Gasteiger partial charge on any atom is -0.508 e. The Bertz CT molecular complexity index is 2260. The Hall–Kier alpha value is -6.04. The number of aliphatic hydroxyl groups is 4. The van der Waals surface area contributed by atoms with Crippen LogP contribution in [0.4, 0.5) is 0 Å². The summed E-state index contributed by atoms with van der Waals surface area (Å²) in [5.74, 6) is -6.56. The highest BCUT2D eigenvalue weighted by atomic mass is 16.7. The molecule has 1 saturated heterocycles. The van der Waals surface area contributed by atoms with Crippen molar-refractivity contribution < 1.29 is 74.5 Å². The highest BCUT2D eigenvalue weighted by Gasteiger charge is 2.48. The normalized spacial score (nSPS) is 24.3. The summed E-state index contributed by atoms with van der Waals surface area (Å²) in [5, 5.41) is 103. The number of phenolic OH excluding ortho intramolecular Hbond substituents is 6. The Labute approximate surface area is 291 Å². The van der Waals surface area contributed by atoms with E-state index in [1.54, 1.807) is 0 Å². The number of ether oxygens (including phenoxy) is 3. The van der Waals surface area contributed by atoms with Crippen molar-refractivity contribution in [2.45, 2.75) is 42.7 Å². The minimum atomic E-state index is -1.97. The van der Waals surface area contributed by atoms with Crippen LogP contribution in [-0.4, -0.2) is 94.2 Å². The maximum Gasteiger partial charge on any atom is 0.229 e. The van der Waals surface area contributed by atoms with Crippen LogP contribution in [0.15, 0.2) is 75.9 Å². The fraction of sp³-hybridized carbons (Fsp3) is 0.222. The molecule has 10 N–H and O–H groups in total. The molecule has 16 nitrogen and oxygen atoms in total. The molecule has 0 amide bonds. The Morgan fingerprint density at radius 3 is 2.13 bits per heavy atom. The van der Waals surface area contributed by atoms with Crippen LogP contribution >= 0.6 is 0 Å². The Balaban J connectivity index is 1.53. The largest absolute Gasteiger partial charge is 0.508 e. The molecular weight excluding hydrogens is 688 g/mol. The van der Waals surface area contributed by atoms with Crippen molar-refractivity contribution in [3.63, 3.8) is 0 Å². The summed E-state index contributed by atoms with van der Waals surface area (Å²) < 4.78 is 24.0. The van der Waals surface area contributed by atoms with E-state index in [2.05, 4.69) is 0 Å². The third kappa shape index (κ3) is 5.73. The zero-order chi connectivity index (χ0) is 37.2. The zero-order valence-electron chi connectivity index (χ0n) is 26.5. The van der Waals surface area contributed by atoms with Gasteiger partial charge in [0.1, 0.15) is 87.3 Å². The van der Waals surface area contributed by atoms with E-state index in [0.717, 1.165) is 36.4 Å². The third-order valence-electron chi connectivity index (χ3n) is 9.02. The van der Waals surface area contributed by atoms with Crippen LogP contribution < -0.4 is 14.9 Å². The van der Waals surface area contributed by atoms with Gasteiger partial charge in [0.05, 0.1) is 18.1 Å². The first-order chi connectivity index (χ1) is 24.8. The summed E-state index contributed by atoms with van der Waals surface area (Å²) in [6, 6.07) is 12.8. The van der Waals surface area contributed by atoms with Gasteiger partial charge in [-0.3, -0.25) is 9.59 Å². The van der Waals surface area contributed by atoms with E-state index in [-0.39, 0.29) is 33.9 Å². The first-order valence-electron chi connectivity index (χ1n) is 15.7. The summed E-state index contributed by atoms with van der Waals surface area (Å²) in [7, 11) is 0. The van der Waals surface area contributed by atoms with Crippen molar-refractivity contribution in [3.8, 4) is 57.3 Å². The fourth-order valence-corrected chi connectivity index (χ4v) is 6.44. The maximum atomic E-state index is 14.7. The average Bonchev–Trinajstić information content (AvgIpc) is 3.10. The van der Waals surface area contributed by atoms with Crippen LogP contribution in [0.1, 0.15) is 33.5 Å². The molecule has 0 saturated carbocycles. The van der Waals surface area contributed by atoms with Crippen molar-refractivity contribution >= 4 is 16.8 Å². The molecule has 1 fully saturated rings. The van der Waals surface area contributed by atoms with Gasteiger partial charge in [-0.2, -0.15) is 0 Å². The number of aromatic hydroxyl groups is 6. The number of carbonyl (C=O) groups excluding carboxylic acids is 1. The summed E-state index contributed by atoms with van der Waals surface area (Å²) in [5.41, 5.74) is -1.75. The number of hydrogen-bond donors (Lipinski definition) is 10. The highest BCUT2D eigenvalue weighted by Crippen LogP contribution is 2.52. The lowest BCUT2D eigenvalue weighted by molar-refractivity contribution is -0.277. The van der Waals surface area contributed by atoms with Gasteiger partial charge in [-0.05, 0) is 35.9 Å². The molecule has 0 spiro atoms. The smallest absolute Gasteiger partial charge is 0.229 e. The molecule has 0 aliphatic carbocycles. The molecule has 2 aliphatic rings. The third-order valence-corrected chi connectivity index (χ3v) is 9.02. The molecule has 7 rings (SSSR count). The highest BCUT2D eigenvalue weighted by molar-refractivity contribution is 6.09. The van der Waals surface area contributed by atoms with Gasteiger partial charge in [0.25, 0.3) is 0 Å². The minimum absolute atomic E-state index is 0.0692. The summed E-state index contributed by atoms with van der Waals surface area (Å²) in [6.07, 6.45) is -10.4. The summed E-state index contributed by atoms with van der Waals surface area (Å²) >= 11 is 0. The van der Waals surface area contributed by atoms with Crippen molar-refractivity contribution in [3.05, 3.63) is 93.6 Å². The second-order valence-electron chi connectivity index (χ2n) is 12.3. The monoisotopic (exact) mass is 718 g/mol. The van der Waals surface area contributed by atoms with Gasteiger partial charge in [0, 0.05) is 29.8 Å². The Morgan fingerprint density at radius 1 is 0.712 bits per heavy atom. The number of rotatable bonds is 6. The second-order valence-corrected chi connectivity index (χ2v) is 12.3.